The Morgan fingerprint density at radius 1 is 1.06 bits per heavy atom. The van der Waals surface area contributed by atoms with E-state index in [1.165, 1.54) is 16.9 Å². The topological polar surface area (TPSA) is 58.6 Å². The van der Waals surface area contributed by atoms with Gasteiger partial charge >= 0.3 is 0 Å². The molecule has 1 N–H and O–H groups in total. The standard InChI is InChI=1S/C25H26N2O3S/c1-30-22-10-9-21(17-20(22)16-18-6-3-2-4-7-18)26-24(28)19-11-13-27(14-12-19)25(29)23-8-5-15-31-23/h2-10,15,17,19H,11-14,16H2,1H3,(H,26,28). The summed E-state index contributed by atoms with van der Waals surface area (Å²) in [5, 5.41) is 4.98. The van der Waals surface area contributed by atoms with Crippen molar-refractivity contribution in [1.82, 2.24) is 4.90 Å². The Morgan fingerprint density at radius 2 is 1.84 bits per heavy atom. The van der Waals surface area contributed by atoms with Crippen molar-refractivity contribution in [1.29, 1.82) is 0 Å². The second-order valence-corrected chi connectivity index (χ2v) is 8.67. The van der Waals surface area contributed by atoms with Gasteiger partial charge in [-0.05, 0) is 48.1 Å². The maximum absolute atomic E-state index is 12.9. The van der Waals surface area contributed by atoms with Crippen molar-refractivity contribution >= 4 is 28.8 Å². The van der Waals surface area contributed by atoms with Crippen molar-refractivity contribution in [3.05, 3.63) is 82.0 Å². The summed E-state index contributed by atoms with van der Waals surface area (Å²) in [5.41, 5.74) is 2.99. The molecule has 0 bridgehead atoms. The Morgan fingerprint density at radius 3 is 2.52 bits per heavy atom. The molecule has 3 aromatic rings. The molecule has 5 nitrogen and oxygen atoms in total. The molecule has 2 heterocycles. The highest BCUT2D eigenvalue weighted by Gasteiger charge is 2.28. The van der Waals surface area contributed by atoms with Crippen molar-refractivity contribution < 1.29 is 14.3 Å². The van der Waals surface area contributed by atoms with Gasteiger partial charge in [0.15, 0.2) is 0 Å². The molecule has 6 heteroatoms. The summed E-state index contributed by atoms with van der Waals surface area (Å²) in [6.45, 7) is 1.22. The number of methoxy groups -OCH3 is 1. The third kappa shape index (κ3) is 5.14. The molecule has 4 rings (SSSR count). The fraction of sp³-hybridized carbons (Fsp3) is 0.280. The second-order valence-electron chi connectivity index (χ2n) is 7.72. The number of anilines is 1. The minimum Gasteiger partial charge on any atom is -0.496 e. The van der Waals surface area contributed by atoms with Crippen LogP contribution in [0, 0.1) is 5.92 Å². The first-order valence-electron chi connectivity index (χ1n) is 10.5. The molecule has 0 saturated carbocycles. The van der Waals surface area contributed by atoms with Crippen molar-refractivity contribution in [2.45, 2.75) is 19.3 Å². The van der Waals surface area contributed by atoms with Crippen LogP contribution in [0.5, 0.6) is 5.75 Å². The summed E-state index contributed by atoms with van der Waals surface area (Å²) in [7, 11) is 1.66. The number of carbonyl (C=O) groups excluding carboxylic acids is 2. The molecule has 1 aliphatic rings. The minimum atomic E-state index is -0.0907. The molecule has 0 unspecified atom stereocenters. The second kappa shape index (κ2) is 9.79. The van der Waals surface area contributed by atoms with Gasteiger partial charge in [-0.1, -0.05) is 36.4 Å². The fourth-order valence-corrected chi connectivity index (χ4v) is 4.65. The number of thiophene rings is 1. The number of amides is 2. The maximum atomic E-state index is 12.9. The summed E-state index contributed by atoms with van der Waals surface area (Å²) in [4.78, 5) is 28.0. The molecule has 31 heavy (non-hydrogen) atoms. The Kier molecular flexibility index (Phi) is 6.67. The van der Waals surface area contributed by atoms with Gasteiger partial charge in [-0.15, -0.1) is 11.3 Å². The summed E-state index contributed by atoms with van der Waals surface area (Å²) in [6, 6.07) is 19.7. The van der Waals surface area contributed by atoms with E-state index in [2.05, 4.69) is 17.4 Å². The van der Waals surface area contributed by atoms with Gasteiger partial charge in [0.2, 0.25) is 5.91 Å². The molecule has 1 saturated heterocycles. The molecule has 1 fully saturated rings. The van der Waals surface area contributed by atoms with Gasteiger partial charge in [0.25, 0.3) is 5.91 Å². The first kappa shape index (κ1) is 21.1. The van der Waals surface area contributed by atoms with Gasteiger partial charge in [0.1, 0.15) is 5.75 Å². The van der Waals surface area contributed by atoms with Crippen LogP contribution < -0.4 is 10.1 Å². The van der Waals surface area contributed by atoms with E-state index >= 15 is 0 Å². The molecule has 0 radical (unpaired) electrons. The molecule has 0 spiro atoms. The third-order valence-corrected chi connectivity index (χ3v) is 6.53. The van der Waals surface area contributed by atoms with Crippen LogP contribution >= 0.6 is 11.3 Å². The van der Waals surface area contributed by atoms with Gasteiger partial charge in [0, 0.05) is 36.7 Å². The van der Waals surface area contributed by atoms with E-state index in [1.807, 2.05) is 58.8 Å². The lowest BCUT2D eigenvalue weighted by Crippen LogP contribution is -2.41. The highest BCUT2D eigenvalue weighted by Crippen LogP contribution is 2.27. The van der Waals surface area contributed by atoms with Crippen LogP contribution in [0.3, 0.4) is 0 Å². The number of benzene rings is 2. The number of nitrogens with zero attached hydrogens (tertiary/aromatic N) is 1. The van der Waals surface area contributed by atoms with Crippen LogP contribution in [0.2, 0.25) is 0 Å². The van der Waals surface area contributed by atoms with Crippen LogP contribution in [-0.4, -0.2) is 36.9 Å². The molecule has 1 aliphatic heterocycles. The number of ether oxygens (including phenoxy) is 1. The van der Waals surface area contributed by atoms with Gasteiger partial charge in [-0.25, -0.2) is 0 Å². The van der Waals surface area contributed by atoms with E-state index in [-0.39, 0.29) is 17.7 Å². The van der Waals surface area contributed by atoms with Gasteiger partial charge < -0.3 is 15.0 Å². The van der Waals surface area contributed by atoms with E-state index in [0.717, 1.165) is 28.3 Å². The lowest BCUT2D eigenvalue weighted by atomic mass is 9.95. The van der Waals surface area contributed by atoms with Gasteiger partial charge in [-0.2, -0.15) is 0 Å². The van der Waals surface area contributed by atoms with E-state index in [1.54, 1.807) is 7.11 Å². The molecule has 2 amide bonds. The zero-order valence-electron chi connectivity index (χ0n) is 17.5. The fourth-order valence-electron chi connectivity index (χ4n) is 3.96. The number of hydrogen-bond acceptors (Lipinski definition) is 4. The van der Waals surface area contributed by atoms with Gasteiger partial charge in [-0.3, -0.25) is 9.59 Å². The zero-order chi connectivity index (χ0) is 21.6. The SMILES string of the molecule is COc1ccc(NC(=O)C2CCN(C(=O)c3cccs3)CC2)cc1Cc1ccccc1. The Hall–Kier alpha value is -3.12. The molecule has 0 aliphatic carbocycles. The average Bonchev–Trinajstić information content (AvgIpc) is 3.35. The van der Waals surface area contributed by atoms with E-state index < -0.39 is 0 Å². The quantitative estimate of drug-likeness (QED) is 0.604. The maximum Gasteiger partial charge on any atom is 0.263 e. The number of piperidine rings is 1. The predicted molar refractivity (Wildman–Crippen MR) is 124 cm³/mol. The zero-order valence-corrected chi connectivity index (χ0v) is 18.4. The number of nitrogens with one attached hydrogen (secondary N) is 1. The van der Waals surface area contributed by atoms with Crippen molar-refractivity contribution in [2.24, 2.45) is 5.92 Å². The molecular weight excluding hydrogens is 408 g/mol. The van der Waals surface area contributed by atoms with Crippen molar-refractivity contribution in [2.75, 3.05) is 25.5 Å². The summed E-state index contributed by atoms with van der Waals surface area (Å²) < 4.78 is 5.51. The van der Waals surface area contributed by atoms with Crippen LogP contribution in [-0.2, 0) is 11.2 Å². The molecule has 2 aromatic carbocycles. The number of hydrogen-bond donors (Lipinski definition) is 1. The van der Waals surface area contributed by atoms with Crippen LogP contribution in [0.4, 0.5) is 5.69 Å². The first-order chi connectivity index (χ1) is 15.1. The number of rotatable bonds is 6. The Labute approximate surface area is 186 Å². The summed E-state index contributed by atoms with van der Waals surface area (Å²) >= 11 is 1.46. The molecule has 160 valence electrons. The smallest absolute Gasteiger partial charge is 0.263 e. The molecule has 1 aromatic heterocycles. The molecule has 0 atom stereocenters. The van der Waals surface area contributed by atoms with E-state index in [9.17, 15) is 9.59 Å². The monoisotopic (exact) mass is 434 g/mol. The van der Waals surface area contributed by atoms with E-state index in [4.69, 9.17) is 4.74 Å². The minimum absolute atomic E-state index is 0.0130. The largest absolute Gasteiger partial charge is 0.496 e. The van der Waals surface area contributed by atoms with Crippen LogP contribution in [0.25, 0.3) is 0 Å². The van der Waals surface area contributed by atoms with Crippen LogP contribution in [0.1, 0.15) is 33.6 Å². The van der Waals surface area contributed by atoms with Gasteiger partial charge in [0.05, 0.1) is 12.0 Å². The first-order valence-corrected chi connectivity index (χ1v) is 11.4. The average molecular weight is 435 g/mol. The van der Waals surface area contributed by atoms with Crippen LogP contribution in [0.15, 0.2) is 66.0 Å². The van der Waals surface area contributed by atoms with Crippen molar-refractivity contribution in [3.8, 4) is 5.75 Å². The highest BCUT2D eigenvalue weighted by molar-refractivity contribution is 7.12. The predicted octanol–water partition coefficient (Wildman–Crippen LogP) is 4.84. The molecular formula is C25H26N2O3S. The van der Waals surface area contributed by atoms with Crippen molar-refractivity contribution in [3.63, 3.8) is 0 Å². The van der Waals surface area contributed by atoms with E-state index in [0.29, 0.717) is 25.9 Å². The normalized spacial score (nSPS) is 14.3. The summed E-state index contributed by atoms with van der Waals surface area (Å²) in [5.74, 6) is 0.794. The Balaban J connectivity index is 1.37. The third-order valence-electron chi connectivity index (χ3n) is 5.67. The Bertz CT molecular complexity index is 1030. The lowest BCUT2D eigenvalue weighted by molar-refractivity contribution is -0.121. The summed E-state index contributed by atoms with van der Waals surface area (Å²) in [6.07, 6.45) is 2.09. The highest BCUT2D eigenvalue weighted by atomic mass is 32.1. The number of likely N-dealkylation sites (tertiary alicyclic amines) is 1. The lowest BCUT2D eigenvalue weighted by Gasteiger charge is -2.31. The number of carbonyl (C=O) groups is 2.